The summed E-state index contributed by atoms with van der Waals surface area (Å²) in [5, 5.41) is 0. The van der Waals surface area contributed by atoms with Crippen LogP contribution in [0.3, 0.4) is 0 Å². The van der Waals surface area contributed by atoms with Crippen LogP contribution in [0.15, 0.2) is 18.2 Å². The summed E-state index contributed by atoms with van der Waals surface area (Å²) >= 11 is 0. The van der Waals surface area contributed by atoms with Crippen molar-refractivity contribution < 1.29 is 4.79 Å². The van der Waals surface area contributed by atoms with Gasteiger partial charge in [-0.2, -0.15) is 0 Å². The summed E-state index contributed by atoms with van der Waals surface area (Å²) in [4.78, 5) is 15.9. The maximum absolute atomic E-state index is 11.9. The molecule has 4 nitrogen and oxygen atoms in total. The van der Waals surface area contributed by atoms with E-state index in [1.165, 1.54) is 0 Å². The summed E-state index contributed by atoms with van der Waals surface area (Å²) in [5.74, 6) is 0.167. The van der Waals surface area contributed by atoms with E-state index in [4.69, 9.17) is 5.73 Å². The second-order valence-electron chi connectivity index (χ2n) is 4.42. The fourth-order valence-corrected chi connectivity index (χ4v) is 2.37. The van der Waals surface area contributed by atoms with Crippen molar-refractivity contribution in [1.82, 2.24) is 0 Å². The van der Waals surface area contributed by atoms with Gasteiger partial charge in [0.15, 0.2) is 0 Å². The van der Waals surface area contributed by atoms with Crippen LogP contribution in [0.2, 0.25) is 0 Å². The van der Waals surface area contributed by atoms with Crippen molar-refractivity contribution in [1.29, 1.82) is 0 Å². The Morgan fingerprint density at radius 1 is 1.41 bits per heavy atom. The van der Waals surface area contributed by atoms with Gasteiger partial charge in [-0.05, 0) is 18.6 Å². The van der Waals surface area contributed by atoms with Crippen LogP contribution in [0, 0.1) is 6.92 Å². The number of hydrogen-bond acceptors (Lipinski definition) is 3. The average molecular weight is 233 g/mol. The first-order valence-electron chi connectivity index (χ1n) is 5.96. The maximum atomic E-state index is 11.9. The fourth-order valence-electron chi connectivity index (χ4n) is 2.37. The Hall–Kier alpha value is -1.55. The largest absolute Gasteiger partial charge is 0.368 e. The predicted octanol–water partition coefficient (Wildman–Crippen LogP) is 1.13. The SMILES string of the molecule is Cc1cccc2c1N(C)C(=O)CCN2CCN. The molecule has 0 bridgehead atoms. The molecule has 0 atom stereocenters. The maximum Gasteiger partial charge on any atom is 0.228 e. The minimum absolute atomic E-state index is 0.167. The second-order valence-corrected chi connectivity index (χ2v) is 4.42. The third kappa shape index (κ3) is 2.13. The number of fused-ring (bicyclic) bond motifs is 1. The van der Waals surface area contributed by atoms with Crippen molar-refractivity contribution in [3.63, 3.8) is 0 Å². The molecular formula is C13H19N3O. The van der Waals surface area contributed by atoms with Crippen LogP contribution in [0.5, 0.6) is 0 Å². The van der Waals surface area contributed by atoms with E-state index in [0.717, 1.165) is 30.0 Å². The Morgan fingerprint density at radius 2 is 2.18 bits per heavy atom. The molecule has 1 aliphatic heterocycles. The van der Waals surface area contributed by atoms with Gasteiger partial charge in [-0.3, -0.25) is 4.79 Å². The Morgan fingerprint density at radius 3 is 2.88 bits per heavy atom. The van der Waals surface area contributed by atoms with Crippen LogP contribution in [-0.4, -0.2) is 32.6 Å². The lowest BCUT2D eigenvalue weighted by molar-refractivity contribution is -0.118. The van der Waals surface area contributed by atoms with Crippen LogP contribution in [0.1, 0.15) is 12.0 Å². The number of rotatable bonds is 2. The normalized spacial score (nSPS) is 15.8. The number of aryl methyl sites for hydroxylation is 1. The molecule has 0 spiro atoms. The van der Waals surface area contributed by atoms with Crippen molar-refractivity contribution in [3.05, 3.63) is 23.8 Å². The van der Waals surface area contributed by atoms with Gasteiger partial charge in [0.05, 0.1) is 11.4 Å². The van der Waals surface area contributed by atoms with E-state index in [-0.39, 0.29) is 5.91 Å². The molecule has 1 aliphatic rings. The van der Waals surface area contributed by atoms with E-state index in [9.17, 15) is 4.79 Å². The van der Waals surface area contributed by atoms with E-state index >= 15 is 0 Å². The summed E-state index contributed by atoms with van der Waals surface area (Å²) in [6.45, 7) is 4.17. The molecule has 17 heavy (non-hydrogen) atoms. The molecule has 1 heterocycles. The van der Waals surface area contributed by atoms with E-state index < -0.39 is 0 Å². The van der Waals surface area contributed by atoms with Gasteiger partial charge < -0.3 is 15.5 Å². The number of hydrogen-bond donors (Lipinski definition) is 1. The first kappa shape index (κ1) is 11.9. The minimum Gasteiger partial charge on any atom is -0.368 e. The molecule has 92 valence electrons. The van der Waals surface area contributed by atoms with Crippen molar-refractivity contribution in [3.8, 4) is 0 Å². The molecule has 0 aliphatic carbocycles. The highest BCUT2D eigenvalue weighted by molar-refractivity contribution is 5.99. The molecule has 1 amide bonds. The third-order valence-electron chi connectivity index (χ3n) is 3.26. The van der Waals surface area contributed by atoms with Crippen molar-refractivity contribution in [2.75, 3.05) is 36.5 Å². The number of benzene rings is 1. The molecule has 0 saturated heterocycles. The topological polar surface area (TPSA) is 49.6 Å². The highest BCUT2D eigenvalue weighted by Gasteiger charge is 2.24. The van der Waals surface area contributed by atoms with Crippen LogP contribution >= 0.6 is 0 Å². The van der Waals surface area contributed by atoms with Gasteiger partial charge in [-0.15, -0.1) is 0 Å². The van der Waals surface area contributed by atoms with E-state index in [1.807, 2.05) is 26.1 Å². The Labute approximate surface area is 102 Å². The Kier molecular flexibility index (Phi) is 3.33. The van der Waals surface area contributed by atoms with Crippen molar-refractivity contribution in [2.24, 2.45) is 5.73 Å². The Bertz CT molecular complexity index is 431. The smallest absolute Gasteiger partial charge is 0.228 e. The van der Waals surface area contributed by atoms with Gasteiger partial charge in [-0.1, -0.05) is 12.1 Å². The van der Waals surface area contributed by atoms with Crippen LogP contribution < -0.4 is 15.5 Å². The van der Waals surface area contributed by atoms with Gasteiger partial charge in [0.2, 0.25) is 5.91 Å². The molecule has 1 aromatic carbocycles. The van der Waals surface area contributed by atoms with Crippen molar-refractivity contribution >= 4 is 17.3 Å². The molecular weight excluding hydrogens is 214 g/mol. The van der Waals surface area contributed by atoms with Gasteiger partial charge in [0.1, 0.15) is 0 Å². The molecule has 0 aromatic heterocycles. The summed E-state index contributed by atoms with van der Waals surface area (Å²) < 4.78 is 0. The van der Waals surface area contributed by atoms with E-state index in [0.29, 0.717) is 13.0 Å². The lowest BCUT2D eigenvalue weighted by atomic mass is 10.1. The minimum atomic E-state index is 0.167. The Balaban J connectivity index is 2.50. The zero-order valence-electron chi connectivity index (χ0n) is 10.4. The molecule has 1 aromatic rings. The number of amides is 1. The van der Waals surface area contributed by atoms with Crippen LogP contribution in [0.4, 0.5) is 11.4 Å². The standard InChI is InChI=1S/C13H19N3O/c1-10-4-3-5-11-13(10)15(2)12(17)6-8-16(11)9-7-14/h3-5H,6-9,14H2,1-2H3. The molecule has 0 unspecified atom stereocenters. The number of anilines is 2. The fraction of sp³-hybridized carbons (Fsp3) is 0.462. The molecule has 0 fully saturated rings. The lowest BCUT2D eigenvalue weighted by Crippen LogP contribution is -2.30. The summed E-state index contributed by atoms with van der Waals surface area (Å²) in [5.41, 5.74) is 8.89. The second kappa shape index (κ2) is 4.75. The molecule has 0 saturated carbocycles. The first-order chi connectivity index (χ1) is 8.15. The zero-order valence-corrected chi connectivity index (χ0v) is 10.4. The van der Waals surface area contributed by atoms with Gasteiger partial charge in [-0.25, -0.2) is 0 Å². The average Bonchev–Trinajstić information content (AvgIpc) is 2.43. The number of nitrogens with two attached hydrogens (primary N) is 1. The van der Waals surface area contributed by atoms with Crippen molar-refractivity contribution in [2.45, 2.75) is 13.3 Å². The van der Waals surface area contributed by atoms with Crippen LogP contribution in [0.25, 0.3) is 0 Å². The lowest BCUT2D eigenvalue weighted by Gasteiger charge is -2.26. The predicted molar refractivity (Wildman–Crippen MR) is 70.5 cm³/mol. The third-order valence-corrected chi connectivity index (χ3v) is 3.26. The summed E-state index contributed by atoms with van der Waals surface area (Å²) in [7, 11) is 1.85. The number of carbonyl (C=O) groups is 1. The molecule has 2 rings (SSSR count). The summed E-state index contributed by atoms with van der Waals surface area (Å²) in [6.07, 6.45) is 0.546. The van der Waals surface area contributed by atoms with Gasteiger partial charge >= 0.3 is 0 Å². The number of carbonyl (C=O) groups excluding carboxylic acids is 1. The van der Waals surface area contributed by atoms with E-state index in [1.54, 1.807) is 4.90 Å². The van der Waals surface area contributed by atoms with Crippen LogP contribution in [-0.2, 0) is 4.79 Å². The summed E-state index contributed by atoms with van der Waals surface area (Å²) in [6, 6.07) is 6.13. The monoisotopic (exact) mass is 233 g/mol. The highest BCUT2D eigenvalue weighted by Crippen LogP contribution is 2.34. The number of para-hydroxylation sites is 1. The zero-order chi connectivity index (χ0) is 12.4. The first-order valence-corrected chi connectivity index (χ1v) is 5.96. The molecule has 2 N–H and O–H groups in total. The van der Waals surface area contributed by atoms with E-state index in [2.05, 4.69) is 11.0 Å². The number of nitrogens with zero attached hydrogens (tertiary/aromatic N) is 2. The quantitative estimate of drug-likeness (QED) is 0.833. The highest BCUT2D eigenvalue weighted by atomic mass is 16.2. The molecule has 0 radical (unpaired) electrons. The van der Waals surface area contributed by atoms with Gasteiger partial charge in [0, 0.05) is 33.1 Å². The van der Waals surface area contributed by atoms with Gasteiger partial charge in [0.25, 0.3) is 0 Å². The molecule has 4 heteroatoms.